The minimum absolute atomic E-state index is 0.153. The van der Waals surface area contributed by atoms with Gasteiger partial charge in [-0.3, -0.25) is 0 Å². The zero-order chi connectivity index (χ0) is 14.3. The maximum atomic E-state index is 13.2. The van der Waals surface area contributed by atoms with E-state index in [4.69, 9.17) is 4.74 Å². The van der Waals surface area contributed by atoms with Gasteiger partial charge >= 0.3 is 6.18 Å². The fourth-order valence-electron chi connectivity index (χ4n) is 2.67. The van der Waals surface area contributed by atoms with Gasteiger partial charge in [-0.15, -0.1) is 0 Å². The van der Waals surface area contributed by atoms with Gasteiger partial charge in [-0.05, 0) is 24.1 Å². The molecule has 1 heterocycles. The molecule has 0 aromatic heterocycles. The highest BCUT2D eigenvalue weighted by Gasteiger charge is 2.37. The summed E-state index contributed by atoms with van der Waals surface area (Å²) < 4.78 is 45.3. The summed E-state index contributed by atoms with van der Waals surface area (Å²) in [6.45, 7) is 1.96. The Bertz CT molecular complexity index is 646. The number of ether oxygens (including phenoxy) is 1. The van der Waals surface area contributed by atoms with Crippen LogP contribution >= 0.6 is 0 Å². The Labute approximate surface area is 115 Å². The summed E-state index contributed by atoms with van der Waals surface area (Å²) in [5, 5.41) is 0. The number of alkyl halides is 3. The third-order valence-corrected chi connectivity index (χ3v) is 3.55. The molecule has 1 aliphatic rings. The van der Waals surface area contributed by atoms with Crippen LogP contribution in [0.2, 0.25) is 0 Å². The number of fused-ring (bicyclic) bond motifs is 3. The molecule has 0 fully saturated rings. The van der Waals surface area contributed by atoms with E-state index in [1.807, 2.05) is 19.1 Å². The number of halogens is 3. The predicted molar refractivity (Wildman–Crippen MR) is 70.5 cm³/mol. The highest BCUT2D eigenvalue weighted by Crippen LogP contribution is 2.48. The molecule has 4 heteroatoms. The minimum atomic E-state index is -4.39. The second-order valence-corrected chi connectivity index (χ2v) is 4.78. The molecular weight excluding hydrogens is 265 g/mol. The van der Waals surface area contributed by atoms with E-state index in [0.29, 0.717) is 17.7 Å². The molecule has 104 valence electrons. The number of hydrogen-bond donors (Lipinski definition) is 0. The fourth-order valence-corrected chi connectivity index (χ4v) is 2.67. The standard InChI is InChI=1S/C16H13F3O/c1-2-13-10-6-3-4-7-11(10)15-12(16(17,18)19)8-5-9-14(15)20-13/h3-9,13H,2H2,1H3. The van der Waals surface area contributed by atoms with E-state index in [1.165, 1.54) is 6.07 Å². The predicted octanol–water partition coefficient (Wildman–Crippen LogP) is 5.22. The summed E-state index contributed by atoms with van der Waals surface area (Å²) in [7, 11) is 0. The molecular formula is C16H13F3O. The van der Waals surface area contributed by atoms with Crippen molar-refractivity contribution in [3.8, 4) is 16.9 Å². The van der Waals surface area contributed by atoms with E-state index < -0.39 is 11.7 Å². The lowest BCUT2D eigenvalue weighted by atomic mass is 9.89. The molecule has 2 aromatic rings. The topological polar surface area (TPSA) is 9.23 Å². The molecule has 0 spiro atoms. The van der Waals surface area contributed by atoms with Crippen molar-refractivity contribution in [1.82, 2.24) is 0 Å². The summed E-state index contributed by atoms with van der Waals surface area (Å²) in [6.07, 6.45) is -3.87. The molecule has 1 nitrogen and oxygen atoms in total. The van der Waals surface area contributed by atoms with Crippen LogP contribution in [0.3, 0.4) is 0 Å². The maximum Gasteiger partial charge on any atom is 0.417 e. The number of hydrogen-bond acceptors (Lipinski definition) is 1. The van der Waals surface area contributed by atoms with E-state index in [9.17, 15) is 13.2 Å². The van der Waals surface area contributed by atoms with E-state index in [2.05, 4.69) is 0 Å². The third kappa shape index (κ3) is 1.96. The largest absolute Gasteiger partial charge is 0.485 e. The van der Waals surface area contributed by atoms with Gasteiger partial charge in [0.15, 0.2) is 0 Å². The van der Waals surface area contributed by atoms with Gasteiger partial charge in [0.1, 0.15) is 11.9 Å². The highest BCUT2D eigenvalue weighted by molar-refractivity contribution is 5.79. The van der Waals surface area contributed by atoms with Crippen LogP contribution in [0.5, 0.6) is 5.75 Å². The van der Waals surface area contributed by atoms with Crippen molar-refractivity contribution in [2.45, 2.75) is 25.6 Å². The van der Waals surface area contributed by atoms with Crippen molar-refractivity contribution in [3.05, 3.63) is 53.6 Å². The second-order valence-electron chi connectivity index (χ2n) is 4.78. The van der Waals surface area contributed by atoms with Gasteiger partial charge < -0.3 is 4.74 Å². The van der Waals surface area contributed by atoms with Crippen LogP contribution in [0.25, 0.3) is 11.1 Å². The summed E-state index contributed by atoms with van der Waals surface area (Å²) in [5.74, 6) is 0.311. The minimum Gasteiger partial charge on any atom is -0.485 e. The van der Waals surface area contributed by atoms with Crippen LogP contribution in [0.1, 0.15) is 30.6 Å². The molecule has 0 N–H and O–H groups in total. The van der Waals surface area contributed by atoms with Crippen LogP contribution in [0, 0.1) is 0 Å². The Morgan fingerprint density at radius 1 is 1.05 bits per heavy atom. The van der Waals surface area contributed by atoms with Crippen molar-refractivity contribution >= 4 is 0 Å². The molecule has 0 bridgehead atoms. The van der Waals surface area contributed by atoms with Gasteiger partial charge in [0.25, 0.3) is 0 Å². The Balaban J connectivity index is 2.29. The Morgan fingerprint density at radius 3 is 2.50 bits per heavy atom. The summed E-state index contributed by atoms with van der Waals surface area (Å²) in [6, 6.07) is 11.2. The molecule has 20 heavy (non-hydrogen) atoms. The average Bonchev–Trinajstić information content (AvgIpc) is 2.44. The maximum absolute atomic E-state index is 13.2. The van der Waals surface area contributed by atoms with Gasteiger partial charge in [0.05, 0.1) is 5.56 Å². The van der Waals surface area contributed by atoms with Crippen LogP contribution in [0.4, 0.5) is 13.2 Å². The summed E-state index contributed by atoms with van der Waals surface area (Å²) >= 11 is 0. The quantitative estimate of drug-likeness (QED) is 0.695. The first-order valence-electron chi connectivity index (χ1n) is 6.48. The first kappa shape index (κ1) is 13.0. The van der Waals surface area contributed by atoms with Crippen LogP contribution < -0.4 is 4.74 Å². The lowest BCUT2D eigenvalue weighted by Crippen LogP contribution is -2.17. The summed E-state index contributed by atoms with van der Waals surface area (Å²) in [4.78, 5) is 0. The number of rotatable bonds is 1. The normalized spacial score (nSPS) is 17.1. The van der Waals surface area contributed by atoms with E-state index in [0.717, 1.165) is 11.6 Å². The lowest BCUT2D eigenvalue weighted by molar-refractivity contribution is -0.137. The Morgan fingerprint density at radius 2 is 1.80 bits per heavy atom. The van der Waals surface area contributed by atoms with Crippen molar-refractivity contribution in [2.75, 3.05) is 0 Å². The fraction of sp³-hybridized carbons (Fsp3) is 0.250. The molecule has 1 atom stereocenters. The zero-order valence-corrected chi connectivity index (χ0v) is 10.9. The lowest BCUT2D eigenvalue weighted by Gasteiger charge is -2.30. The molecule has 1 unspecified atom stereocenters. The first-order chi connectivity index (χ1) is 9.52. The molecule has 0 radical (unpaired) electrons. The highest BCUT2D eigenvalue weighted by atomic mass is 19.4. The molecule has 3 rings (SSSR count). The van der Waals surface area contributed by atoms with Gasteiger partial charge in [-0.1, -0.05) is 37.3 Å². The average molecular weight is 278 g/mol. The summed E-state index contributed by atoms with van der Waals surface area (Å²) in [5.41, 5.74) is 0.949. The molecule has 2 aromatic carbocycles. The smallest absolute Gasteiger partial charge is 0.417 e. The van der Waals surface area contributed by atoms with Crippen molar-refractivity contribution < 1.29 is 17.9 Å². The van der Waals surface area contributed by atoms with Gasteiger partial charge in [0, 0.05) is 11.1 Å². The van der Waals surface area contributed by atoms with Gasteiger partial charge in [0.2, 0.25) is 0 Å². The first-order valence-corrected chi connectivity index (χ1v) is 6.48. The van der Waals surface area contributed by atoms with Gasteiger partial charge in [-0.25, -0.2) is 0 Å². The van der Waals surface area contributed by atoms with Crippen molar-refractivity contribution in [3.63, 3.8) is 0 Å². The molecule has 0 aliphatic carbocycles. The second kappa shape index (κ2) is 4.54. The zero-order valence-electron chi connectivity index (χ0n) is 10.9. The van der Waals surface area contributed by atoms with E-state index >= 15 is 0 Å². The monoisotopic (exact) mass is 278 g/mol. The Kier molecular flexibility index (Phi) is 2.96. The molecule has 0 saturated carbocycles. The van der Waals surface area contributed by atoms with Crippen molar-refractivity contribution in [2.24, 2.45) is 0 Å². The van der Waals surface area contributed by atoms with Crippen LogP contribution in [0.15, 0.2) is 42.5 Å². The molecule has 1 aliphatic heterocycles. The number of benzene rings is 2. The van der Waals surface area contributed by atoms with Crippen LogP contribution in [-0.2, 0) is 6.18 Å². The molecule has 0 amide bonds. The Hall–Kier alpha value is -1.97. The van der Waals surface area contributed by atoms with E-state index in [-0.39, 0.29) is 11.7 Å². The third-order valence-electron chi connectivity index (χ3n) is 3.55. The van der Waals surface area contributed by atoms with Crippen LogP contribution in [-0.4, -0.2) is 0 Å². The van der Waals surface area contributed by atoms with Gasteiger partial charge in [-0.2, -0.15) is 13.2 Å². The molecule has 0 saturated heterocycles. The SMILES string of the molecule is CCC1Oc2cccc(C(F)(F)F)c2-c2ccccc21. The van der Waals surface area contributed by atoms with E-state index in [1.54, 1.807) is 18.2 Å². The van der Waals surface area contributed by atoms with Crippen molar-refractivity contribution in [1.29, 1.82) is 0 Å².